The maximum Gasteiger partial charge on any atom is 0.259 e. The van der Waals surface area contributed by atoms with Crippen molar-refractivity contribution in [1.29, 1.82) is 0 Å². The van der Waals surface area contributed by atoms with Gasteiger partial charge in [-0.25, -0.2) is 0 Å². The number of hydrogen-bond acceptors (Lipinski definition) is 4. The predicted molar refractivity (Wildman–Crippen MR) is 111 cm³/mol. The van der Waals surface area contributed by atoms with Gasteiger partial charge in [-0.1, -0.05) is 0 Å². The first kappa shape index (κ1) is 21.7. The Bertz CT molecular complexity index is 614. The minimum absolute atomic E-state index is 0.0733. The lowest BCUT2D eigenvalue weighted by molar-refractivity contribution is -0.201. The maximum atomic E-state index is 13.0. The monoisotopic (exact) mass is 446 g/mol. The van der Waals surface area contributed by atoms with Crippen molar-refractivity contribution in [3.8, 4) is 0 Å². The van der Waals surface area contributed by atoms with Crippen molar-refractivity contribution in [3.05, 3.63) is 0 Å². The van der Waals surface area contributed by atoms with Crippen molar-refractivity contribution in [2.75, 3.05) is 39.4 Å². The number of carbonyl (C=O) groups excluding carboxylic acids is 2. The van der Waals surface area contributed by atoms with Gasteiger partial charge in [-0.15, -0.1) is 23.2 Å². The first-order valence-electron chi connectivity index (χ1n) is 11.0. The van der Waals surface area contributed by atoms with Gasteiger partial charge in [-0.05, 0) is 56.8 Å². The molecule has 4 rings (SSSR count). The van der Waals surface area contributed by atoms with Crippen molar-refractivity contribution in [2.24, 2.45) is 17.8 Å². The summed E-state index contributed by atoms with van der Waals surface area (Å²) in [6.45, 7) is 2.21. The minimum atomic E-state index is -1.35. The van der Waals surface area contributed by atoms with Crippen LogP contribution in [0.15, 0.2) is 0 Å². The molecule has 6 nitrogen and oxygen atoms in total. The quantitative estimate of drug-likeness (QED) is 0.674. The summed E-state index contributed by atoms with van der Waals surface area (Å²) in [5.41, 5.74) is -1.35. The summed E-state index contributed by atoms with van der Waals surface area (Å²) in [5.74, 6) is 1.21. The van der Waals surface area contributed by atoms with E-state index in [4.69, 9.17) is 27.9 Å². The average molecular weight is 447 g/mol. The Balaban J connectivity index is 1.23. The Kier molecular flexibility index (Phi) is 6.64. The Morgan fingerprint density at radius 1 is 0.897 bits per heavy atom. The second kappa shape index (κ2) is 8.89. The van der Waals surface area contributed by atoms with Crippen LogP contribution >= 0.6 is 23.2 Å². The van der Waals surface area contributed by atoms with Crippen molar-refractivity contribution in [3.63, 3.8) is 0 Å². The highest BCUT2D eigenvalue weighted by Crippen LogP contribution is 2.43. The molecule has 3 unspecified atom stereocenters. The number of carbonyl (C=O) groups is 2. The number of ether oxygens (including phenoxy) is 1. The lowest BCUT2D eigenvalue weighted by Gasteiger charge is -2.43. The molecule has 0 bridgehead atoms. The van der Waals surface area contributed by atoms with Gasteiger partial charge in [0.15, 0.2) is 5.60 Å². The van der Waals surface area contributed by atoms with Crippen LogP contribution in [0.3, 0.4) is 0 Å². The summed E-state index contributed by atoms with van der Waals surface area (Å²) in [7, 11) is 0. The molecule has 2 saturated carbocycles. The van der Waals surface area contributed by atoms with Crippen LogP contribution in [0.2, 0.25) is 0 Å². The van der Waals surface area contributed by atoms with E-state index >= 15 is 0 Å². The molecule has 2 aliphatic heterocycles. The van der Waals surface area contributed by atoms with Gasteiger partial charge in [0.05, 0.1) is 13.2 Å². The van der Waals surface area contributed by atoms with Crippen molar-refractivity contribution in [1.82, 2.24) is 9.80 Å². The maximum absolute atomic E-state index is 13.0. The topological polar surface area (TPSA) is 70.1 Å². The highest BCUT2D eigenvalue weighted by Gasteiger charge is 2.47. The molecule has 2 amide bonds. The SMILES string of the molecule is O=C(C1CCC(C2CCC(Cl)CC2Cl)CC1)N1CCN(C(=O)C2(O)COC2)CC1. The van der Waals surface area contributed by atoms with Crippen LogP contribution in [-0.4, -0.2) is 82.5 Å². The summed E-state index contributed by atoms with van der Waals surface area (Å²) in [6, 6.07) is 0. The molecule has 4 fully saturated rings. The molecule has 0 aromatic heterocycles. The fraction of sp³-hybridized carbons (Fsp3) is 0.905. The molecule has 0 aromatic carbocycles. The number of nitrogens with zero attached hydrogens (tertiary/aromatic N) is 2. The van der Waals surface area contributed by atoms with Crippen LogP contribution < -0.4 is 0 Å². The van der Waals surface area contributed by atoms with Gasteiger partial charge in [0.1, 0.15) is 0 Å². The van der Waals surface area contributed by atoms with Crippen LogP contribution in [0.25, 0.3) is 0 Å². The van der Waals surface area contributed by atoms with E-state index in [0.29, 0.717) is 38.0 Å². The fourth-order valence-corrected chi connectivity index (χ4v) is 6.47. The van der Waals surface area contributed by atoms with Gasteiger partial charge in [0, 0.05) is 42.9 Å². The van der Waals surface area contributed by atoms with Gasteiger partial charge in [0.2, 0.25) is 5.91 Å². The summed E-state index contributed by atoms with van der Waals surface area (Å²) in [4.78, 5) is 28.9. The molecule has 8 heteroatoms. The van der Waals surface area contributed by atoms with E-state index in [2.05, 4.69) is 0 Å². The third-order valence-corrected chi connectivity index (χ3v) is 8.34. The number of hydrogen-bond donors (Lipinski definition) is 1. The first-order valence-corrected chi connectivity index (χ1v) is 11.9. The van der Waals surface area contributed by atoms with Crippen LogP contribution in [0, 0.1) is 17.8 Å². The van der Waals surface area contributed by atoms with E-state index in [1.807, 2.05) is 4.90 Å². The molecule has 3 atom stereocenters. The largest absolute Gasteiger partial charge is 0.376 e. The Labute approximate surface area is 182 Å². The Morgan fingerprint density at radius 2 is 1.52 bits per heavy atom. The number of aliphatic hydroxyl groups is 1. The molecule has 0 radical (unpaired) electrons. The molecular formula is C21H32Cl2N2O4. The molecule has 0 spiro atoms. The molecular weight excluding hydrogens is 415 g/mol. The Hall–Kier alpha value is -0.560. The van der Waals surface area contributed by atoms with Crippen LogP contribution in [0.4, 0.5) is 0 Å². The third-order valence-electron chi connectivity index (χ3n) is 7.44. The smallest absolute Gasteiger partial charge is 0.259 e. The van der Waals surface area contributed by atoms with Gasteiger partial charge in [-0.3, -0.25) is 9.59 Å². The van der Waals surface area contributed by atoms with E-state index in [1.165, 1.54) is 0 Å². The van der Waals surface area contributed by atoms with Gasteiger partial charge in [-0.2, -0.15) is 0 Å². The predicted octanol–water partition coefficient (Wildman–Crippen LogP) is 2.24. The Morgan fingerprint density at radius 3 is 2.07 bits per heavy atom. The van der Waals surface area contributed by atoms with E-state index < -0.39 is 5.60 Å². The zero-order valence-corrected chi connectivity index (χ0v) is 18.4. The van der Waals surface area contributed by atoms with E-state index in [-0.39, 0.29) is 41.7 Å². The molecule has 1 N–H and O–H groups in total. The lowest BCUT2D eigenvalue weighted by atomic mass is 9.70. The molecule has 2 aliphatic carbocycles. The molecule has 29 heavy (non-hydrogen) atoms. The standard InChI is InChI=1S/C21H32Cl2N2O4/c22-16-5-6-17(18(23)11-16)14-1-3-15(4-2-14)19(26)24-7-9-25(10-8-24)20(27)21(28)12-29-13-21/h14-18,28H,1-13H2. The zero-order valence-electron chi connectivity index (χ0n) is 16.9. The van der Waals surface area contributed by atoms with Crippen LogP contribution in [-0.2, 0) is 14.3 Å². The second-order valence-corrected chi connectivity index (χ2v) is 10.5. The fourth-order valence-electron chi connectivity index (χ4n) is 5.52. The van der Waals surface area contributed by atoms with E-state index in [9.17, 15) is 14.7 Å². The number of piperazine rings is 1. The van der Waals surface area contributed by atoms with Crippen molar-refractivity contribution < 1.29 is 19.4 Å². The molecule has 2 heterocycles. The average Bonchev–Trinajstić information content (AvgIpc) is 2.71. The highest BCUT2D eigenvalue weighted by molar-refractivity contribution is 6.24. The van der Waals surface area contributed by atoms with Gasteiger partial charge in [0.25, 0.3) is 5.91 Å². The molecule has 164 valence electrons. The summed E-state index contributed by atoms with van der Waals surface area (Å²) < 4.78 is 4.98. The summed E-state index contributed by atoms with van der Waals surface area (Å²) >= 11 is 12.9. The third kappa shape index (κ3) is 4.56. The van der Waals surface area contributed by atoms with Gasteiger partial charge < -0.3 is 19.6 Å². The number of rotatable bonds is 3. The van der Waals surface area contributed by atoms with Crippen LogP contribution in [0.5, 0.6) is 0 Å². The molecule has 0 aromatic rings. The number of amides is 2. The normalized spacial score (nSPS) is 37.7. The summed E-state index contributed by atoms with van der Waals surface area (Å²) in [5, 5.41) is 10.6. The number of halogens is 2. The minimum Gasteiger partial charge on any atom is -0.376 e. The highest BCUT2D eigenvalue weighted by atomic mass is 35.5. The molecule has 4 aliphatic rings. The van der Waals surface area contributed by atoms with E-state index in [1.54, 1.807) is 4.90 Å². The van der Waals surface area contributed by atoms with Crippen LogP contribution in [0.1, 0.15) is 44.9 Å². The van der Waals surface area contributed by atoms with Crippen molar-refractivity contribution >= 4 is 35.0 Å². The van der Waals surface area contributed by atoms with Gasteiger partial charge >= 0.3 is 0 Å². The van der Waals surface area contributed by atoms with E-state index in [0.717, 1.165) is 44.9 Å². The van der Waals surface area contributed by atoms with Crippen molar-refractivity contribution in [2.45, 2.75) is 61.3 Å². The summed E-state index contributed by atoms with van der Waals surface area (Å²) in [6.07, 6.45) is 7.08. The zero-order chi connectivity index (χ0) is 20.6. The molecule has 2 saturated heterocycles. The second-order valence-electron chi connectivity index (χ2n) is 9.34. The number of alkyl halides is 2. The lowest BCUT2D eigenvalue weighted by Crippen LogP contribution is -2.64. The first-order chi connectivity index (χ1) is 13.9.